The van der Waals surface area contributed by atoms with Gasteiger partial charge in [-0.3, -0.25) is 4.79 Å². The molecule has 5 nitrogen and oxygen atoms in total. The van der Waals surface area contributed by atoms with Gasteiger partial charge >= 0.3 is 0 Å². The van der Waals surface area contributed by atoms with Gasteiger partial charge in [0.05, 0.1) is 0 Å². The lowest BCUT2D eigenvalue weighted by molar-refractivity contribution is 0.102. The number of rotatable bonds is 4. The second-order valence-electron chi connectivity index (χ2n) is 5.98. The summed E-state index contributed by atoms with van der Waals surface area (Å²) < 4.78 is 0. The van der Waals surface area contributed by atoms with Crippen LogP contribution in [-0.2, 0) is 0 Å². The normalized spacial score (nSPS) is 10.4. The molecule has 1 heterocycles. The summed E-state index contributed by atoms with van der Waals surface area (Å²) in [6.45, 7) is 6.06. The van der Waals surface area contributed by atoms with Crippen LogP contribution >= 0.6 is 0 Å². The van der Waals surface area contributed by atoms with Crippen molar-refractivity contribution in [3.05, 3.63) is 77.2 Å². The van der Waals surface area contributed by atoms with Gasteiger partial charge in [0, 0.05) is 17.4 Å². The third kappa shape index (κ3) is 4.01. The van der Waals surface area contributed by atoms with E-state index in [0.29, 0.717) is 11.5 Å². The van der Waals surface area contributed by atoms with Crippen LogP contribution in [0.2, 0.25) is 0 Å². The molecule has 0 fully saturated rings. The number of aryl methyl sites for hydroxylation is 3. The Balaban J connectivity index is 1.77. The largest absolute Gasteiger partial charge is 0.340 e. The summed E-state index contributed by atoms with van der Waals surface area (Å²) in [5, 5.41) is 6.09. The number of carbonyl (C=O) groups is 1. The van der Waals surface area contributed by atoms with Crippen molar-refractivity contribution in [2.45, 2.75) is 20.8 Å². The third-order valence-corrected chi connectivity index (χ3v) is 4.07. The predicted octanol–water partition coefficient (Wildman–Crippen LogP) is 4.40. The van der Waals surface area contributed by atoms with Crippen molar-refractivity contribution in [3.8, 4) is 0 Å². The maximum atomic E-state index is 12.5. The molecule has 0 unspecified atom stereocenters. The molecule has 0 aliphatic heterocycles. The topological polar surface area (TPSA) is 66.9 Å². The van der Waals surface area contributed by atoms with Crippen LogP contribution in [0.3, 0.4) is 0 Å². The van der Waals surface area contributed by atoms with Crippen LogP contribution in [0.5, 0.6) is 0 Å². The lowest BCUT2D eigenvalue weighted by Crippen LogP contribution is -2.14. The molecule has 0 radical (unpaired) electrons. The number of benzene rings is 2. The second kappa shape index (κ2) is 7.13. The van der Waals surface area contributed by atoms with Crippen molar-refractivity contribution in [2.75, 3.05) is 10.6 Å². The zero-order chi connectivity index (χ0) is 17.8. The molecule has 0 spiro atoms. The first-order valence-electron chi connectivity index (χ1n) is 8.06. The van der Waals surface area contributed by atoms with Crippen molar-refractivity contribution < 1.29 is 4.79 Å². The SMILES string of the molecule is Cc1ccc(NC(=O)c2cc(Nc3ccccc3C)ncn2)cc1C. The van der Waals surface area contributed by atoms with Crippen molar-refractivity contribution in [1.82, 2.24) is 9.97 Å². The van der Waals surface area contributed by atoms with Gasteiger partial charge in [0.15, 0.2) is 0 Å². The van der Waals surface area contributed by atoms with Crippen LogP contribution in [0, 0.1) is 20.8 Å². The number of hydrogen-bond donors (Lipinski definition) is 2. The van der Waals surface area contributed by atoms with E-state index >= 15 is 0 Å². The van der Waals surface area contributed by atoms with Crippen LogP contribution in [0.4, 0.5) is 17.2 Å². The van der Waals surface area contributed by atoms with Crippen molar-refractivity contribution in [1.29, 1.82) is 0 Å². The Kier molecular flexibility index (Phi) is 4.75. The first kappa shape index (κ1) is 16.6. The summed E-state index contributed by atoms with van der Waals surface area (Å²) in [4.78, 5) is 20.7. The summed E-state index contributed by atoms with van der Waals surface area (Å²) >= 11 is 0. The molecule has 0 aliphatic rings. The molecule has 0 saturated carbocycles. The quantitative estimate of drug-likeness (QED) is 0.743. The molecule has 0 saturated heterocycles. The van der Waals surface area contributed by atoms with Crippen LogP contribution in [-0.4, -0.2) is 15.9 Å². The van der Waals surface area contributed by atoms with Crippen molar-refractivity contribution in [2.24, 2.45) is 0 Å². The van der Waals surface area contributed by atoms with Crippen molar-refractivity contribution in [3.63, 3.8) is 0 Å². The van der Waals surface area contributed by atoms with Gasteiger partial charge in [0.25, 0.3) is 5.91 Å². The fraction of sp³-hybridized carbons (Fsp3) is 0.150. The molecule has 1 amide bonds. The van der Waals surface area contributed by atoms with Gasteiger partial charge in [-0.15, -0.1) is 0 Å². The Morgan fingerprint density at radius 2 is 1.68 bits per heavy atom. The fourth-order valence-corrected chi connectivity index (χ4v) is 2.42. The molecule has 126 valence electrons. The molecular weight excluding hydrogens is 312 g/mol. The summed E-state index contributed by atoms with van der Waals surface area (Å²) in [5.41, 5.74) is 5.42. The smallest absolute Gasteiger partial charge is 0.274 e. The number of para-hydroxylation sites is 1. The summed E-state index contributed by atoms with van der Waals surface area (Å²) in [5.74, 6) is 0.313. The Bertz CT molecular complexity index is 921. The highest BCUT2D eigenvalue weighted by molar-refractivity contribution is 6.03. The van der Waals surface area contributed by atoms with Crippen molar-refractivity contribution >= 4 is 23.1 Å². The average Bonchev–Trinajstić information content (AvgIpc) is 2.60. The fourth-order valence-electron chi connectivity index (χ4n) is 2.42. The molecule has 5 heteroatoms. The third-order valence-electron chi connectivity index (χ3n) is 4.07. The van der Waals surface area contributed by atoms with Crippen LogP contribution in [0.1, 0.15) is 27.2 Å². The Morgan fingerprint density at radius 3 is 2.44 bits per heavy atom. The monoisotopic (exact) mass is 332 g/mol. The van der Waals surface area contributed by atoms with E-state index < -0.39 is 0 Å². The summed E-state index contributed by atoms with van der Waals surface area (Å²) in [6, 6.07) is 15.4. The van der Waals surface area contributed by atoms with E-state index in [-0.39, 0.29) is 5.91 Å². The number of hydrogen-bond acceptors (Lipinski definition) is 4. The highest BCUT2D eigenvalue weighted by Crippen LogP contribution is 2.19. The molecule has 25 heavy (non-hydrogen) atoms. The number of anilines is 3. The lowest BCUT2D eigenvalue weighted by atomic mass is 10.1. The van der Waals surface area contributed by atoms with E-state index in [4.69, 9.17) is 0 Å². The van der Waals surface area contributed by atoms with Gasteiger partial charge in [0.2, 0.25) is 0 Å². The minimum absolute atomic E-state index is 0.265. The van der Waals surface area contributed by atoms with Gasteiger partial charge in [-0.05, 0) is 55.7 Å². The van der Waals surface area contributed by atoms with E-state index in [9.17, 15) is 4.79 Å². The average molecular weight is 332 g/mol. The van der Waals surface area contributed by atoms with Crippen LogP contribution in [0.25, 0.3) is 0 Å². The minimum Gasteiger partial charge on any atom is -0.340 e. The minimum atomic E-state index is -0.265. The maximum Gasteiger partial charge on any atom is 0.274 e. The molecule has 0 atom stereocenters. The highest BCUT2D eigenvalue weighted by Gasteiger charge is 2.10. The van der Waals surface area contributed by atoms with Gasteiger partial charge < -0.3 is 10.6 Å². The van der Waals surface area contributed by atoms with Gasteiger partial charge in [-0.25, -0.2) is 9.97 Å². The first-order chi connectivity index (χ1) is 12.0. The first-order valence-corrected chi connectivity index (χ1v) is 8.06. The molecule has 2 N–H and O–H groups in total. The van der Waals surface area contributed by atoms with Crippen LogP contribution in [0.15, 0.2) is 54.9 Å². The number of aromatic nitrogens is 2. The Morgan fingerprint density at radius 1 is 0.880 bits per heavy atom. The standard InChI is InChI=1S/C20H20N4O/c1-13-8-9-16(10-15(13)3)23-20(25)18-11-19(22-12-21-18)24-17-7-5-4-6-14(17)2/h4-12H,1-3H3,(H,23,25)(H,21,22,24). The van der Waals surface area contributed by atoms with Crippen LogP contribution < -0.4 is 10.6 Å². The molecular formula is C20H20N4O. The Labute approximate surface area is 147 Å². The highest BCUT2D eigenvalue weighted by atomic mass is 16.1. The lowest BCUT2D eigenvalue weighted by Gasteiger charge is -2.10. The molecule has 0 aliphatic carbocycles. The van der Waals surface area contributed by atoms with E-state index in [2.05, 4.69) is 20.6 Å². The Hall–Kier alpha value is -3.21. The summed E-state index contributed by atoms with van der Waals surface area (Å²) in [7, 11) is 0. The van der Waals surface area contributed by atoms with Gasteiger partial charge in [-0.1, -0.05) is 24.3 Å². The number of nitrogens with one attached hydrogen (secondary N) is 2. The molecule has 1 aromatic heterocycles. The zero-order valence-electron chi connectivity index (χ0n) is 14.5. The molecule has 3 rings (SSSR count). The van der Waals surface area contributed by atoms with E-state index in [1.807, 2.05) is 63.2 Å². The van der Waals surface area contributed by atoms with Gasteiger partial charge in [-0.2, -0.15) is 0 Å². The maximum absolute atomic E-state index is 12.5. The number of nitrogens with zero attached hydrogens (tertiary/aromatic N) is 2. The molecule has 0 bridgehead atoms. The molecule has 2 aromatic carbocycles. The molecule has 3 aromatic rings. The van der Waals surface area contributed by atoms with E-state index in [1.165, 1.54) is 11.9 Å². The predicted molar refractivity (Wildman–Crippen MR) is 100 cm³/mol. The van der Waals surface area contributed by atoms with E-state index in [0.717, 1.165) is 22.5 Å². The number of amides is 1. The summed E-state index contributed by atoms with van der Waals surface area (Å²) in [6.07, 6.45) is 1.38. The van der Waals surface area contributed by atoms with E-state index in [1.54, 1.807) is 6.07 Å². The number of carbonyl (C=O) groups excluding carboxylic acids is 1. The van der Waals surface area contributed by atoms with Gasteiger partial charge in [0.1, 0.15) is 17.8 Å². The second-order valence-corrected chi connectivity index (χ2v) is 5.98. The zero-order valence-corrected chi connectivity index (χ0v) is 14.5.